The van der Waals surface area contributed by atoms with Crippen molar-refractivity contribution in [1.29, 1.82) is 0 Å². The highest BCUT2D eigenvalue weighted by Crippen LogP contribution is 2.25. The van der Waals surface area contributed by atoms with Crippen molar-refractivity contribution < 1.29 is 13.9 Å². The average Bonchev–Trinajstić information content (AvgIpc) is 2.50. The highest BCUT2D eigenvalue weighted by molar-refractivity contribution is 6.22. The molecule has 1 aromatic heterocycles. The summed E-state index contributed by atoms with van der Waals surface area (Å²) in [5.41, 5.74) is 0.400. The van der Waals surface area contributed by atoms with Crippen LogP contribution in [0, 0.1) is 0 Å². The summed E-state index contributed by atoms with van der Waals surface area (Å²) < 4.78 is 26.5. The Balaban J connectivity index is 2.65. The lowest BCUT2D eigenvalue weighted by Gasteiger charge is -2.14. The van der Waals surface area contributed by atoms with E-state index in [2.05, 4.69) is 16.7 Å². The van der Waals surface area contributed by atoms with Crippen molar-refractivity contribution in [3.8, 4) is 0 Å². The third kappa shape index (κ3) is 3.43. The van der Waals surface area contributed by atoms with Crippen molar-refractivity contribution in [2.45, 2.75) is 37.8 Å². The Morgan fingerprint density at radius 2 is 2.20 bits per heavy atom. The Labute approximate surface area is 91.7 Å². The fraction of sp³-hybridized carbons (Fsp3) is 0.667. The molecule has 0 aromatic carbocycles. The van der Waals surface area contributed by atoms with Gasteiger partial charge in [0.15, 0.2) is 0 Å². The van der Waals surface area contributed by atoms with Gasteiger partial charge in [-0.05, 0) is 31.5 Å². The molecule has 1 aromatic rings. The highest BCUT2D eigenvalue weighted by Gasteiger charge is 2.35. The van der Waals surface area contributed by atoms with Gasteiger partial charge in [0.05, 0.1) is 5.69 Å². The lowest BCUT2D eigenvalue weighted by Crippen LogP contribution is -2.29. The third-order valence-electron chi connectivity index (χ3n) is 1.97. The number of aliphatic hydroxyl groups excluding tert-OH is 1. The van der Waals surface area contributed by atoms with Gasteiger partial charge in [0, 0.05) is 18.7 Å². The fourth-order valence-electron chi connectivity index (χ4n) is 1.09. The molecule has 1 unspecified atom stereocenters. The SMILES string of the molecule is CC(C)n1ccc(CC(O)C(F)(F)Cl)n1. The van der Waals surface area contributed by atoms with Crippen LogP contribution in [0.15, 0.2) is 12.3 Å². The van der Waals surface area contributed by atoms with Gasteiger partial charge in [-0.2, -0.15) is 13.9 Å². The Morgan fingerprint density at radius 3 is 2.60 bits per heavy atom. The summed E-state index contributed by atoms with van der Waals surface area (Å²) in [6.07, 6.45) is -0.482. The molecule has 6 heteroatoms. The predicted molar refractivity (Wildman–Crippen MR) is 53.1 cm³/mol. The normalized spacial score (nSPS) is 14.6. The van der Waals surface area contributed by atoms with E-state index in [9.17, 15) is 8.78 Å². The maximum absolute atomic E-state index is 12.4. The molecule has 0 bridgehead atoms. The molecule has 1 N–H and O–H groups in total. The molecule has 1 atom stereocenters. The summed E-state index contributed by atoms with van der Waals surface area (Å²) in [7, 11) is 0. The number of aromatic nitrogens is 2. The molecular formula is C9H13ClF2N2O. The van der Waals surface area contributed by atoms with Crippen LogP contribution in [0.1, 0.15) is 25.6 Å². The number of nitrogens with zero attached hydrogens (tertiary/aromatic N) is 2. The van der Waals surface area contributed by atoms with E-state index in [0.29, 0.717) is 5.69 Å². The average molecular weight is 239 g/mol. The number of alkyl halides is 3. The number of rotatable bonds is 4. The minimum absolute atomic E-state index is 0.160. The van der Waals surface area contributed by atoms with Crippen molar-refractivity contribution in [3.63, 3.8) is 0 Å². The van der Waals surface area contributed by atoms with E-state index in [0.717, 1.165) is 0 Å². The first kappa shape index (κ1) is 12.4. The maximum atomic E-state index is 12.4. The second-order valence-corrected chi connectivity index (χ2v) is 4.15. The van der Waals surface area contributed by atoms with E-state index in [1.165, 1.54) is 0 Å². The summed E-state index contributed by atoms with van der Waals surface area (Å²) in [5, 5.41) is 9.47. The molecule has 1 rings (SSSR count). The summed E-state index contributed by atoms with van der Waals surface area (Å²) in [6, 6.07) is 1.75. The molecule has 0 radical (unpaired) electrons. The van der Waals surface area contributed by atoms with Crippen LogP contribution in [0.2, 0.25) is 0 Å². The van der Waals surface area contributed by atoms with Gasteiger partial charge < -0.3 is 5.11 Å². The molecule has 0 aliphatic carbocycles. The second-order valence-electron chi connectivity index (χ2n) is 3.64. The van der Waals surface area contributed by atoms with Crippen LogP contribution < -0.4 is 0 Å². The lowest BCUT2D eigenvalue weighted by molar-refractivity contribution is -0.0402. The van der Waals surface area contributed by atoms with Gasteiger partial charge in [-0.1, -0.05) is 0 Å². The summed E-state index contributed by atoms with van der Waals surface area (Å²) >= 11 is 4.68. The van der Waals surface area contributed by atoms with Gasteiger partial charge in [-0.25, -0.2) is 0 Å². The number of aliphatic hydroxyl groups is 1. The molecule has 1 heterocycles. The quantitative estimate of drug-likeness (QED) is 0.817. The van der Waals surface area contributed by atoms with Crippen LogP contribution in [0.3, 0.4) is 0 Å². The van der Waals surface area contributed by atoms with Crippen LogP contribution in [0.4, 0.5) is 8.78 Å². The molecule has 15 heavy (non-hydrogen) atoms. The van der Waals surface area contributed by atoms with Gasteiger partial charge >= 0.3 is 5.38 Å². The van der Waals surface area contributed by atoms with Crippen LogP contribution in [-0.2, 0) is 6.42 Å². The molecule has 3 nitrogen and oxygen atoms in total. The Kier molecular flexibility index (Phi) is 3.67. The van der Waals surface area contributed by atoms with Gasteiger partial charge in [0.2, 0.25) is 0 Å². The molecule has 86 valence electrons. The first-order valence-corrected chi connectivity index (χ1v) is 4.97. The molecule has 0 amide bonds. The molecule has 0 saturated heterocycles. The van der Waals surface area contributed by atoms with Crippen molar-refractivity contribution in [3.05, 3.63) is 18.0 Å². The molecule has 0 spiro atoms. The van der Waals surface area contributed by atoms with E-state index in [-0.39, 0.29) is 12.5 Å². The third-order valence-corrected chi connectivity index (χ3v) is 2.22. The van der Waals surface area contributed by atoms with Crippen molar-refractivity contribution in [2.24, 2.45) is 0 Å². The first-order chi connectivity index (χ1) is 6.80. The van der Waals surface area contributed by atoms with Crippen molar-refractivity contribution >= 4 is 11.6 Å². The monoisotopic (exact) mass is 238 g/mol. The highest BCUT2D eigenvalue weighted by atomic mass is 35.5. The molecule has 0 aliphatic rings. The van der Waals surface area contributed by atoms with Crippen LogP contribution >= 0.6 is 11.6 Å². The minimum atomic E-state index is -3.61. The number of hydrogen-bond acceptors (Lipinski definition) is 2. The van der Waals surface area contributed by atoms with Gasteiger partial charge in [0.1, 0.15) is 6.10 Å². The molecule has 0 aliphatic heterocycles. The summed E-state index contributed by atoms with van der Waals surface area (Å²) in [4.78, 5) is 0. The predicted octanol–water partition coefficient (Wildman–Crippen LogP) is 2.20. The van der Waals surface area contributed by atoms with Crippen molar-refractivity contribution in [1.82, 2.24) is 9.78 Å². The lowest BCUT2D eigenvalue weighted by atomic mass is 10.2. The van der Waals surface area contributed by atoms with Crippen LogP contribution in [0.5, 0.6) is 0 Å². The van der Waals surface area contributed by atoms with Crippen LogP contribution in [-0.4, -0.2) is 26.4 Å². The fourth-order valence-corrected chi connectivity index (χ4v) is 1.16. The topological polar surface area (TPSA) is 38.0 Å². The summed E-state index contributed by atoms with van der Waals surface area (Å²) in [6.45, 7) is 3.84. The smallest absolute Gasteiger partial charge is 0.347 e. The zero-order valence-corrected chi connectivity index (χ0v) is 9.25. The van der Waals surface area contributed by atoms with E-state index in [1.54, 1.807) is 16.9 Å². The zero-order chi connectivity index (χ0) is 11.6. The standard InChI is InChI=1S/C9H13ClF2N2O/c1-6(2)14-4-3-7(13-14)5-8(15)9(10,11)12/h3-4,6,8,15H,5H2,1-2H3. The largest absolute Gasteiger partial charge is 0.385 e. The van der Waals surface area contributed by atoms with Gasteiger partial charge in [0.25, 0.3) is 0 Å². The first-order valence-electron chi connectivity index (χ1n) is 4.59. The van der Waals surface area contributed by atoms with Crippen LogP contribution in [0.25, 0.3) is 0 Å². The Bertz CT molecular complexity index is 322. The molecule has 0 saturated carbocycles. The number of hydrogen-bond donors (Lipinski definition) is 1. The number of halogens is 3. The van der Waals surface area contributed by atoms with E-state index in [4.69, 9.17) is 5.11 Å². The summed E-state index contributed by atoms with van der Waals surface area (Å²) in [5.74, 6) is 0. The Hall–Kier alpha value is -0.680. The van der Waals surface area contributed by atoms with E-state index in [1.807, 2.05) is 13.8 Å². The van der Waals surface area contributed by atoms with Gasteiger partial charge in [-0.3, -0.25) is 4.68 Å². The van der Waals surface area contributed by atoms with E-state index < -0.39 is 11.5 Å². The second kappa shape index (κ2) is 4.45. The minimum Gasteiger partial charge on any atom is -0.385 e. The van der Waals surface area contributed by atoms with E-state index >= 15 is 0 Å². The molecule has 0 fully saturated rings. The molecular weight excluding hydrogens is 226 g/mol. The van der Waals surface area contributed by atoms with Crippen molar-refractivity contribution in [2.75, 3.05) is 0 Å². The Morgan fingerprint density at radius 1 is 1.60 bits per heavy atom. The van der Waals surface area contributed by atoms with Gasteiger partial charge in [-0.15, -0.1) is 0 Å². The maximum Gasteiger partial charge on any atom is 0.347 e. The zero-order valence-electron chi connectivity index (χ0n) is 8.49.